The smallest absolute Gasteiger partial charge is 0.337 e. The van der Waals surface area contributed by atoms with E-state index in [1.807, 2.05) is 0 Å². The molecule has 0 unspecified atom stereocenters. The molecule has 8 nitrogen and oxygen atoms in total. The molecule has 0 spiro atoms. The van der Waals surface area contributed by atoms with Gasteiger partial charge >= 0.3 is 5.97 Å². The Bertz CT molecular complexity index is 894. The van der Waals surface area contributed by atoms with Crippen LogP contribution in [0.25, 0.3) is 0 Å². The quantitative estimate of drug-likeness (QED) is 0.465. The number of esters is 1. The van der Waals surface area contributed by atoms with Crippen LogP contribution in [0.3, 0.4) is 0 Å². The van der Waals surface area contributed by atoms with E-state index in [0.717, 1.165) is 10.4 Å². The lowest BCUT2D eigenvalue weighted by molar-refractivity contribution is -0.385. The molecule has 0 saturated carbocycles. The molecule has 0 fully saturated rings. The first-order valence-electron chi connectivity index (χ1n) is 6.69. The molecule has 9 heteroatoms. The number of nitrogens with zero attached hydrogens (tertiary/aromatic N) is 2. The van der Waals surface area contributed by atoms with Crippen LogP contribution in [-0.4, -0.2) is 33.5 Å². The lowest BCUT2D eigenvalue weighted by Crippen LogP contribution is -2.26. The van der Waals surface area contributed by atoms with E-state index in [-0.39, 0.29) is 21.8 Å². The molecule has 0 aromatic heterocycles. The largest absolute Gasteiger partial charge is 0.465 e. The Morgan fingerprint density at radius 1 is 1.17 bits per heavy atom. The van der Waals surface area contributed by atoms with Gasteiger partial charge in [0.2, 0.25) is 0 Å². The van der Waals surface area contributed by atoms with Gasteiger partial charge in [0.1, 0.15) is 0 Å². The number of sulfonamides is 1. The Morgan fingerprint density at radius 2 is 1.83 bits per heavy atom. The summed E-state index contributed by atoms with van der Waals surface area (Å²) in [6, 6.07) is 10.6. The van der Waals surface area contributed by atoms with Gasteiger partial charge < -0.3 is 4.74 Å². The van der Waals surface area contributed by atoms with Crippen LogP contribution in [0.4, 0.5) is 11.4 Å². The van der Waals surface area contributed by atoms with Gasteiger partial charge in [0.25, 0.3) is 15.7 Å². The van der Waals surface area contributed by atoms with Gasteiger partial charge in [-0.25, -0.2) is 13.2 Å². The van der Waals surface area contributed by atoms with Crippen molar-refractivity contribution in [1.82, 2.24) is 0 Å². The summed E-state index contributed by atoms with van der Waals surface area (Å²) in [5.41, 5.74) is 0.0910. The highest BCUT2D eigenvalue weighted by atomic mass is 32.2. The van der Waals surface area contributed by atoms with Gasteiger partial charge in [-0.1, -0.05) is 12.1 Å². The van der Waals surface area contributed by atoms with Crippen molar-refractivity contribution in [2.75, 3.05) is 18.5 Å². The molecule has 2 aromatic rings. The van der Waals surface area contributed by atoms with Gasteiger partial charge in [-0.05, 0) is 24.3 Å². The normalized spacial score (nSPS) is 10.9. The van der Waals surface area contributed by atoms with Crippen LogP contribution in [-0.2, 0) is 14.8 Å². The minimum Gasteiger partial charge on any atom is -0.465 e. The fourth-order valence-electron chi connectivity index (χ4n) is 2.00. The number of hydrogen-bond acceptors (Lipinski definition) is 6. The SMILES string of the molecule is COC(=O)c1cccc(N(C)S(=O)(=O)c2cccc([N+](=O)[O-])c2)c1. The van der Waals surface area contributed by atoms with E-state index in [4.69, 9.17) is 0 Å². The molecule has 0 aliphatic heterocycles. The lowest BCUT2D eigenvalue weighted by atomic mass is 10.2. The van der Waals surface area contributed by atoms with E-state index in [0.29, 0.717) is 0 Å². The molecule has 126 valence electrons. The first kappa shape index (κ1) is 17.4. The number of nitro groups is 1. The summed E-state index contributed by atoms with van der Waals surface area (Å²) < 4.78 is 30.8. The maximum atomic E-state index is 12.6. The molecule has 0 saturated heterocycles. The maximum absolute atomic E-state index is 12.6. The van der Waals surface area contributed by atoms with E-state index < -0.39 is 20.9 Å². The molecular weight excluding hydrogens is 336 g/mol. The Morgan fingerprint density at radius 3 is 2.46 bits per heavy atom. The van der Waals surface area contributed by atoms with E-state index >= 15 is 0 Å². The molecule has 24 heavy (non-hydrogen) atoms. The van der Waals surface area contributed by atoms with Crippen molar-refractivity contribution in [2.24, 2.45) is 0 Å². The second-order valence-corrected chi connectivity index (χ2v) is 6.74. The standard InChI is InChI=1S/C15H14N2O6S/c1-16(12-6-3-5-11(9-12)15(18)23-2)24(21,22)14-8-4-7-13(10-14)17(19)20/h3-10H,1-2H3. The molecule has 0 N–H and O–H groups in total. The molecule has 2 aromatic carbocycles. The molecule has 0 heterocycles. The zero-order chi connectivity index (χ0) is 17.9. The fourth-order valence-corrected chi connectivity index (χ4v) is 3.23. The summed E-state index contributed by atoms with van der Waals surface area (Å²) >= 11 is 0. The van der Waals surface area contributed by atoms with Gasteiger partial charge in [-0.15, -0.1) is 0 Å². The number of carbonyl (C=O) groups is 1. The van der Waals surface area contributed by atoms with Gasteiger partial charge in [0.05, 0.1) is 28.2 Å². The van der Waals surface area contributed by atoms with Crippen molar-refractivity contribution in [2.45, 2.75) is 4.90 Å². The highest BCUT2D eigenvalue weighted by Crippen LogP contribution is 2.25. The number of nitro benzene ring substituents is 1. The summed E-state index contributed by atoms with van der Waals surface area (Å²) in [6.07, 6.45) is 0. The lowest BCUT2D eigenvalue weighted by Gasteiger charge is -2.19. The van der Waals surface area contributed by atoms with Gasteiger partial charge in [-0.2, -0.15) is 0 Å². The first-order chi connectivity index (χ1) is 11.3. The number of anilines is 1. The molecule has 2 rings (SSSR count). The topological polar surface area (TPSA) is 107 Å². The summed E-state index contributed by atoms with van der Waals surface area (Å²) in [7, 11) is -1.50. The Labute approximate surface area is 138 Å². The highest BCUT2D eigenvalue weighted by molar-refractivity contribution is 7.92. The third-order valence-electron chi connectivity index (χ3n) is 3.32. The summed E-state index contributed by atoms with van der Waals surface area (Å²) in [5, 5.41) is 10.8. The van der Waals surface area contributed by atoms with Crippen LogP contribution in [0.5, 0.6) is 0 Å². The van der Waals surface area contributed by atoms with Crippen LogP contribution in [0.2, 0.25) is 0 Å². The highest BCUT2D eigenvalue weighted by Gasteiger charge is 2.24. The Hall–Kier alpha value is -2.94. The summed E-state index contributed by atoms with van der Waals surface area (Å²) in [6.45, 7) is 0. The van der Waals surface area contributed by atoms with Crippen molar-refractivity contribution >= 4 is 27.4 Å². The third-order valence-corrected chi connectivity index (χ3v) is 5.10. The third kappa shape index (κ3) is 3.35. The van der Waals surface area contributed by atoms with Crippen LogP contribution in [0.1, 0.15) is 10.4 Å². The number of methoxy groups -OCH3 is 1. The van der Waals surface area contributed by atoms with Crippen LogP contribution in [0, 0.1) is 10.1 Å². The summed E-state index contributed by atoms with van der Waals surface area (Å²) in [5.74, 6) is -0.599. The number of non-ortho nitro benzene ring substituents is 1. The van der Waals surface area contributed by atoms with E-state index in [2.05, 4.69) is 4.74 Å². The number of carbonyl (C=O) groups excluding carboxylic acids is 1. The molecule has 0 amide bonds. The van der Waals surface area contributed by atoms with E-state index in [1.54, 1.807) is 0 Å². The molecule has 0 aliphatic rings. The Balaban J connectivity index is 2.44. The zero-order valence-electron chi connectivity index (χ0n) is 12.9. The second-order valence-electron chi connectivity index (χ2n) is 4.77. The van der Waals surface area contributed by atoms with Gasteiger partial charge in [0, 0.05) is 19.2 Å². The molecule has 0 bridgehead atoms. The van der Waals surface area contributed by atoms with Crippen LogP contribution in [0.15, 0.2) is 53.4 Å². The average molecular weight is 350 g/mol. The molecule has 0 radical (unpaired) electrons. The minimum atomic E-state index is -4.02. The Kier molecular flexibility index (Phi) is 4.84. The predicted octanol–water partition coefficient (Wildman–Crippen LogP) is 2.21. The van der Waals surface area contributed by atoms with Crippen molar-refractivity contribution in [3.8, 4) is 0 Å². The van der Waals surface area contributed by atoms with Gasteiger partial charge in [-0.3, -0.25) is 14.4 Å². The molecule has 0 atom stereocenters. The number of hydrogen-bond donors (Lipinski definition) is 0. The number of ether oxygens (including phenoxy) is 1. The van der Waals surface area contributed by atoms with Crippen molar-refractivity contribution in [1.29, 1.82) is 0 Å². The van der Waals surface area contributed by atoms with Crippen molar-refractivity contribution in [3.05, 3.63) is 64.2 Å². The van der Waals surface area contributed by atoms with Crippen LogP contribution < -0.4 is 4.31 Å². The van der Waals surface area contributed by atoms with E-state index in [1.165, 1.54) is 56.6 Å². The predicted molar refractivity (Wildman–Crippen MR) is 86.5 cm³/mol. The fraction of sp³-hybridized carbons (Fsp3) is 0.133. The average Bonchev–Trinajstić information content (AvgIpc) is 2.60. The monoisotopic (exact) mass is 350 g/mol. The van der Waals surface area contributed by atoms with Gasteiger partial charge in [0.15, 0.2) is 0 Å². The minimum absolute atomic E-state index is 0.191. The van der Waals surface area contributed by atoms with Crippen LogP contribution >= 0.6 is 0 Å². The maximum Gasteiger partial charge on any atom is 0.337 e. The molecular formula is C15H14N2O6S. The first-order valence-corrected chi connectivity index (χ1v) is 8.13. The number of benzene rings is 2. The van der Waals surface area contributed by atoms with E-state index in [9.17, 15) is 23.3 Å². The zero-order valence-corrected chi connectivity index (χ0v) is 13.7. The van der Waals surface area contributed by atoms with Crippen molar-refractivity contribution < 1.29 is 22.9 Å². The second kappa shape index (κ2) is 6.67. The van der Waals surface area contributed by atoms with Crippen molar-refractivity contribution in [3.63, 3.8) is 0 Å². The number of rotatable bonds is 5. The summed E-state index contributed by atoms with van der Waals surface area (Å²) in [4.78, 5) is 21.5. The molecule has 0 aliphatic carbocycles.